The van der Waals surface area contributed by atoms with Gasteiger partial charge in [-0.1, -0.05) is 60.7 Å². The summed E-state index contributed by atoms with van der Waals surface area (Å²) in [5, 5.41) is 9.30. The van der Waals surface area contributed by atoms with Gasteiger partial charge >= 0.3 is 5.97 Å². The molecule has 0 aliphatic heterocycles. The lowest BCUT2D eigenvalue weighted by Gasteiger charge is -2.13. The molecule has 4 aromatic rings. The molecule has 0 saturated heterocycles. The number of para-hydroxylation sites is 1. The van der Waals surface area contributed by atoms with Crippen LogP contribution in [0.4, 0.5) is 5.69 Å². The van der Waals surface area contributed by atoms with Gasteiger partial charge in [-0.2, -0.15) is 5.26 Å². The van der Waals surface area contributed by atoms with Crippen molar-refractivity contribution in [3.8, 4) is 28.6 Å². The number of carbonyl (C=O) groups excluding carboxylic acids is 1. The van der Waals surface area contributed by atoms with E-state index in [1.165, 1.54) is 13.3 Å². The summed E-state index contributed by atoms with van der Waals surface area (Å²) in [6.45, 7) is 0.470. The molecular weight excluding hydrogens is 402 g/mol. The molecule has 0 bridgehead atoms. The van der Waals surface area contributed by atoms with Crippen LogP contribution in [0.5, 0.6) is 5.75 Å². The Balaban J connectivity index is 1.65. The Kier molecular flexibility index (Phi) is 5.91. The summed E-state index contributed by atoms with van der Waals surface area (Å²) in [4.78, 5) is 12.2. The van der Waals surface area contributed by atoms with Crippen LogP contribution < -0.4 is 10.5 Å². The van der Waals surface area contributed by atoms with E-state index in [0.717, 1.165) is 22.4 Å². The Morgan fingerprint density at radius 3 is 2.38 bits per heavy atom. The van der Waals surface area contributed by atoms with Crippen molar-refractivity contribution >= 4 is 11.7 Å². The fourth-order valence-corrected chi connectivity index (χ4v) is 3.49. The topological polar surface area (TPSA) is 90.3 Å². The number of nitrogens with two attached hydrogens (primary N) is 1. The fraction of sp³-hybridized carbons (Fsp3) is 0.0769. The summed E-state index contributed by atoms with van der Waals surface area (Å²) in [6, 6.07) is 27.4. The number of ether oxygens (including phenoxy) is 2. The minimum absolute atomic E-state index is 0.100. The predicted molar refractivity (Wildman–Crippen MR) is 122 cm³/mol. The monoisotopic (exact) mass is 423 g/mol. The highest BCUT2D eigenvalue weighted by Gasteiger charge is 2.21. The zero-order valence-electron chi connectivity index (χ0n) is 17.5. The van der Waals surface area contributed by atoms with Crippen molar-refractivity contribution in [3.63, 3.8) is 0 Å². The normalized spacial score (nSPS) is 10.4. The molecule has 6 heteroatoms. The maximum absolute atomic E-state index is 12.2. The molecule has 2 N–H and O–H groups in total. The number of anilines is 1. The molecule has 0 aliphatic rings. The van der Waals surface area contributed by atoms with Crippen molar-refractivity contribution in [2.75, 3.05) is 12.8 Å². The fourth-order valence-electron chi connectivity index (χ4n) is 3.49. The van der Waals surface area contributed by atoms with Gasteiger partial charge in [-0.15, -0.1) is 0 Å². The number of methoxy groups -OCH3 is 1. The summed E-state index contributed by atoms with van der Waals surface area (Å²) in [5.74, 6) is 0.170. The van der Waals surface area contributed by atoms with Crippen molar-refractivity contribution in [1.29, 1.82) is 5.26 Å². The molecule has 1 aromatic heterocycles. The van der Waals surface area contributed by atoms with Gasteiger partial charge in [0.2, 0.25) is 0 Å². The highest BCUT2D eigenvalue weighted by atomic mass is 16.5. The zero-order valence-corrected chi connectivity index (χ0v) is 17.5. The first-order chi connectivity index (χ1) is 15.6. The lowest BCUT2D eigenvalue weighted by atomic mass is 10.0. The van der Waals surface area contributed by atoms with Crippen LogP contribution in [0.1, 0.15) is 21.6 Å². The van der Waals surface area contributed by atoms with E-state index in [9.17, 15) is 10.1 Å². The van der Waals surface area contributed by atoms with Gasteiger partial charge in [0.1, 0.15) is 18.4 Å². The van der Waals surface area contributed by atoms with E-state index < -0.39 is 5.97 Å². The molecule has 0 saturated carbocycles. The van der Waals surface area contributed by atoms with Gasteiger partial charge in [0.15, 0.2) is 5.69 Å². The summed E-state index contributed by atoms with van der Waals surface area (Å²) < 4.78 is 12.5. The van der Waals surface area contributed by atoms with Crippen LogP contribution in [0.2, 0.25) is 0 Å². The van der Waals surface area contributed by atoms with Crippen LogP contribution in [-0.4, -0.2) is 17.6 Å². The van der Waals surface area contributed by atoms with E-state index in [0.29, 0.717) is 12.3 Å². The molecule has 0 aliphatic carbocycles. The quantitative estimate of drug-likeness (QED) is 0.443. The van der Waals surface area contributed by atoms with Crippen molar-refractivity contribution < 1.29 is 14.3 Å². The van der Waals surface area contributed by atoms with Gasteiger partial charge in [-0.3, -0.25) is 0 Å². The first-order valence-electron chi connectivity index (χ1n) is 9.98. The number of nitrogen functional groups attached to an aromatic ring is 1. The highest BCUT2D eigenvalue weighted by Crippen LogP contribution is 2.32. The molecular formula is C26H21N3O3. The maximum atomic E-state index is 12.2. The first-order valence-corrected chi connectivity index (χ1v) is 9.98. The Hall–Kier alpha value is -4.50. The summed E-state index contributed by atoms with van der Waals surface area (Å²) in [6.07, 6.45) is 1.54. The van der Waals surface area contributed by atoms with Crippen molar-refractivity contribution in [1.82, 2.24) is 4.57 Å². The standard InChI is InChI=1S/C26H21N3O3/c1-31-26(30)25-24(28)20(15-27)16-29(25)21-13-11-19(12-14-21)22-9-5-6-10-23(22)32-17-18-7-3-2-4-8-18/h2-14,16H,17,28H2,1H3. The molecule has 0 unspecified atom stereocenters. The van der Waals surface area contributed by atoms with Gasteiger partial charge in [-0.05, 0) is 29.3 Å². The Labute approximate surface area is 186 Å². The summed E-state index contributed by atoms with van der Waals surface area (Å²) in [7, 11) is 1.28. The highest BCUT2D eigenvalue weighted by molar-refractivity contribution is 5.96. The van der Waals surface area contributed by atoms with Crippen molar-refractivity contribution in [2.24, 2.45) is 0 Å². The van der Waals surface area contributed by atoms with Crippen LogP contribution in [0.25, 0.3) is 16.8 Å². The second kappa shape index (κ2) is 9.11. The molecule has 6 nitrogen and oxygen atoms in total. The van der Waals surface area contributed by atoms with Crippen molar-refractivity contribution in [2.45, 2.75) is 6.61 Å². The smallest absolute Gasteiger partial charge is 0.357 e. The van der Waals surface area contributed by atoms with Gasteiger partial charge in [0.05, 0.1) is 18.4 Å². The third-order valence-corrected chi connectivity index (χ3v) is 5.12. The second-order valence-electron chi connectivity index (χ2n) is 7.10. The van der Waals surface area contributed by atoms with E-state index >= 15 is 0 Å². The lowest BCUT2D eigenvalue weighted by Crippen LogP contribution is -2.11. The number of carbonyl (C=O) groups is 1. The lowest BCUT2D eigenvalue weighted by molar-refractivity contribution is 0.0593. The van der Waals surface area contributed by atoms with E-state index in [1.54, 1.807) is 4.57 Å². The molecule has 4 rings (SSSR count). The molecule has 0 radical (unpaired) electrons. The van der Waals surface area contributed by atoms with Crippen LogP contribution in [0.3, 0.4) is 0 Å². The average Bonchev–Trinajstić information content (AvgIpc) is 3.19. The molecule has 0 spiro atoms. The van der Waals surface area contributed by atoms with E-state index in [2.05, 4.69) is 0 Å². The van der Waals surface area contributed by atoms with Gasteiger partial charge < -0.3 is 19.8 Å². The SMILES string of the molecule is COC(=O)c1c(N)c(C#N)cn1-c1ccc(-c2ccccc2OCc2ccccc2)cc1. The Morgan fingerprint density at radius 2 is 1.69 bits per heavy atom. The number of rotatable bonds is 6. The minimum atomic E-state index is -0.604. The summed E-state index contributed by atoms with van der Waals surface area (Å²) >= 11 is 0. The second-order valence-corrected chi connectivity index (χ2v) is 7.10. The number of benzene rings is 3. The maximum Gasteiger partial charge on any atom is 0.357 e. The molecule has 0 atom stereocenters. The van der Waals surface area contributed by atoms with Crippen LogP contribution in [0, 0.1) is 11.3 Å². The predicted octanol–water partition coefficient (Wildman–Crippen LogP) is 4.96. The van der Waals surface area contributed by atoms with E-state index in [1.807, 2.05) is 84.9 Å². The number of hydrogen-bond acceptors (Lipinski definition) is 5. The third kappa shape index (κ3) is 4.05. The Bertz CT molecular complexity index is 1290. The van der Waals surface area contributed by atoms with Gasteiger partial charge in [0, 0.05) is 17.4 Å². The van der Waals surface area contributed by atoms with Crippen LogP contribution in [0.15, 0.2) is 85.1 Å². The number of nitrogens with zero attached hydrogens (tertiary/aromatic N) is 2. The van der Waals surface area contributed by atoms with Crippen molar-refractivity contribution in [3.05, 3.63) is 102 Å². The van der Waals surface area contributed by atoms with Gasteiger partial charge in [0.25, 0.3) is 0 Å². The van der Waals surface area contributed by atoms with Crippen LogP contribution in [-0.2, 0) is 11.3 Å². The number of aromatic nitrogens is 1. The Morgan fingerprint density at radius 1 is 1.00 bits per heavy atom. The minimum Gasteiger partial charge on any atom is -0.488 e. The number of hydrogen-bond donors (Lipinski definition) is 1. The van der Waals surface area contributed by atoms with E-state index in [4.69, 9.17) is 15.2 Å². The molecule has 3 aromatic carbocycles. The first kappa shape index (κ1) is 20.8. The molecule has 32 heavy (non-hydrogen) atoms. The molecule has 0 fully saturated rings. The van der Waals surface area contributed by atoms with Crippen LogP contribution >= 0.6 is 0 Å². The van der Waals surface area contributed by atoms with Gasteiger partial charge in [-0.25, -0.2) is 4.79 Å². The molecule has 1 heterocycles. The van der Waals surface area contributed by atoms with E-state index in [-0.39, 0.29) is 16.9 Å². The number of nitriles is 1. The molecule has 158 valence electrons. The largest absolute Gasteiger partial charge is 0.488 e. The zero-order chi connectivity index (χ0) is 22.5. The number of esters is 1. The molecule has 0 amide bonds. The third-order valence-electron chi connectivity index (χ3n) is 5.12. The summed E-state index contributed by atoms with van der Waals surface area (Å²) in [5.41, 5.74) is 10.1. The average molecular weight is 423 g/mol.